The summed E-state index contributed by atoms with van der Waals surface area (Å²) in [6.45, 7) is 2.74. The summed E-state index contributed by atoms with van der Waals surface area (Å²) in [7, 11) is -1.22. The molecule has 0 aliphatic heterocycles. The molecule has 1 N–H and O–H groups in total. The molecule has 1 aromatic carbocycles. The van der Waals surface area contributed by atoms with Crippen molar-refractivity contribution in [3.8, 4) is 6.07 Å². The first-order valence-electron chi connectivity index (χ1n) is 6.77. The van der Waals surface area contributed by atoms with Gasteiger partial charge in [-0.3, -0.25) is 0 Å². The highest BCUT2D eigenvalue weighted by Crippen LogP contribution is 2.37. The lowest BCUT2D eigenvalue weighted by Crippen LogP contribution is -2.37. The summed E-state index contributed by atoms with van der Waals surface area (Å²) in [6, 6.07) is 11.8. The van der Waals surface area contributed by atoms with E-state index in [2.05, 4.69) is 17.7 Å². The molecular formula is C15H20N2OS. The van der Waals surface area contributed by atoms with E-state index in [1.54, 1.807) is 0 Å². The van der Waals surface area contributed by atoms with Crippen LogP contribution in [0.1, 0.15) is 32.6 Å². The van der Waals surface area contributed by atoms with Gasteiger partial charge in [-0.15, -0.1) is 0 Å². The molecule has 4 heteroatoms. The standard InChI is InChI=1S/C15H20N2OS/c1-13-7-9-15(11-16,10-8-13)12-17-19(18)14-5-3-2-4-6-14/h2-6,13,17H,7-10,12H2,1H3. The van der Waals surface area contributed by atoms with Crippen molar-refractivity contribution in [1.82, 2.24) is 4.72 Å². The molecule has 2 rings (SSSR count). The van der Waals surface area contributed by atoms with Crippen molar-refractivity contribution in [3.63, 3.8) is 0 Å². The molecular weight excluding hydrogens is 256 g/mol. The molecule has 1 aliphatic rings. The van der Waals surface area contributed by atoms with E-state index >= 15 is 0 Å². The minimum absolute atomic E-state index is 0.336. The summed E-state index contributed by atoms with van der Waals surface area (Å²) in [5.41, 5.74) is -0.336. The van der Waals surface area contributed by atoms with Crippen molar-refractivity contribution in [2.75, 3.05) is 6.54 Å². The summed E-state index contributed by atoms with van der Waals surface area (Å²) in [6.07, 6.45) is 3.99. The third-order valence-corrected chi connectivity index (χ3v) is 5.07. The van der Waals surface area contributed by atoms with Gasteiger partial charge in [-0.2, -0.15) is 5.26 Å². The van der Waals surface area contributed by atoms with Crippen molar-refractivity contribution >= 4 is 11.0 Å². The maximum atomic E-state index is 12.1. The summed E-state index contributed by atoms with van der Waals surface area (Å²) in [5.74, 6) is 0.709. The number of benzene rings is 1. The lowest BCUT2D eigenvalue weighted by atomic mass is 9.72. The molecule has 102 valence electrons. The first-order chi connectivity index (χ1) is 9.15. The summed E-state index contributed by atoms with van der Waals surface area (Å²) in [5, 5.41) is 9.42. The Balaban J connectivity index is 1.94. The number of nitrogens with one attached hydrogen (secondary N) is 1. The normalized spacial score (nSPS) is 28.5. The van der Waals surface area contributed by atoms with Crippen LogP contribution in [0.3, 0.4) is 0 Å². The highest BCUT2D eigenvalue weighted by Gasteiger charge is 2.34. The second kappa shape index (κ2) is 6.31. The van der Waals surface area contributed by atoms with Gasteiger partial charge < -0.3 is 0 Å². The number of nitrogens with zero attached hydrogens (tertiary/aromatic N) is 1. The van der Waals surface area contributed by atoms with E-state index in [1.165, 1.54) is 0 Å². The van der Waals surface area contributed by atoms with Crippen LogP contribution in [0.4, 0.5) is 0 Å². The van der Waals surface area contributed by atoms with Crippen LogP contribution in [-0.2, 0) is 11.0 Å². The minimum Gasteiger partial charge on any atom is -0.238 e. The van der Waals surface area contributed by atoms with Crippen LogP contribution in [-0.4, -0.2) is 10.8 Å². The molecule has 0 heterocycles. The Hall–Kier alpha value is -1.18. The fraction of sp³-hybridized carbons (Fsp3) is 0.533. The minimum atomic E-state index is -1.22. The lowest BCUT2D eigenvalue weighted by Gasteiger charge is -2.33. The van der Waals surface area contributed by atoms with Crippen LogP contribution < -0.4 is 4.72 Å². The fourth-order valence-electron chi connectivity index (χ4n) is 2.47. The monoisotopic (exact) mass is 276 g/mol. The predicted octanol–water partition coefficient (Wildman–Crippen LogP) is 3.02. The second-order valence-electron chi connectivity index (χ2n) is 5.48. The molecule has 3 nitrogen and oxygen atoms in total. The molecule has 1 fully saturated rings. The Morgan fingerprint density at radius 1 is 1.37 bits per heavy atom. The molecule has 0 aromatic heterocycles. The van der Waals surface area contributed by atoms with E-state index in [4.69, 9.17) is 0 Å². The first-order valence-corrected chi connectivity index (χ1v) is 7.92. The summed E-state index contributed by atoms with van der Waals surface area (Å²) < 4.78 is 15.1. The summed E-state index contributed by atoms with van der Waals surface area (Å²) in [4.78, 5) is 0.764. The number of hydrogen-bond acceptors (Lipinski definition) is 2. The van der Waals surface area contributed by atoms with Crippen LogP contribution >= 0.6 is 0 Å². The molecule has 0 amide bonds. The number of rotatable bonds is 4. The van der Waals surface area contributed by atoms with Crippen molar-refractivity contribution in [3.05, 3.63) is 30.3 Å². The summed E-state index contributed by atoms with van der Waals surface area (Å²) >= 11 is 0. The highest BCUT2D eigenvalue weighted by atomic mass is 32.2. The highest BCUT2D eigenvalue weighted by molar-refractivity contribution is 7.83. The molecule has 0 radical (unpaired) electrons. The molecule has 0 spiro atoms. The number of nitriles is 1. The van der Waals surface area contributed by atoms with Gasteiger partial charge in [0.05, 0.1) is 16.4 Å². The Labute approximate surface area is 117 Å². The zero-order valence-corrected chi connectivity index (χ0v) is 12.1. The molecule has 1 aromatic rings. The van der Waals surface area contributed by atoms with Crippen molar-refractivity contribution in [1.29, 1.82) is 5.26 Å². The molecule has 1 unspecified atom stereocenters. The Bertz CT molecular complexity index is 473. The van der Waals surface area contributed by atoms with E-state index < -0.39 is 11.0 Å². The van der Waals surface area contributed by atoms with Gasteiger partial charge in [0, 0.05) is 6.54 Å². The van der Waals surface area contributed by atoms with Gasteiger partial charge in [-0.25, -0.2) is 8.93 Å². The average Bonchev–Trinajstić information content (AvgIpc) is 2.48. The van der Waals surface area contributed by atoms with Crippen LogP contribution in [0.25, 0.3) is 0 Å². The van der Waals surface area contributed by atoms with Gasteiger partial charge in [0.15, 0.2) is 0 Å². The zero-order chi connectivity index (χ0) is 13.7. The quantitative estimate of drug-likeness (QED) is 0.919. The predicted molar refractivity (Wildman–Crippen MR) is 76.5 cm³/mol. The van der Waals surface area contributed by atoms with Crippen LogP contribution in [0, 0.1) is 22.7 Å². The van der Waals surface area contributed by atoms with Gasteiger partial charge >= 0.3 is 0 Å². The molecule has 1 aliphatic carbocycles. The number of hydrogen-bond donors (Lipinski definition) is 1. The third kappa shape index (κ3) is 3.65. The van der Waals surface area contributed by atoms with Gasteiger partial charge in [-0.05, 0) is 43.7 Å². The smallest absolute Gasteiger partial charge is 0.124 e. The van der Waals surface area contributed by atoms with Gasteiger partial charge in [0.2, 0.25) is 0 Å². The fourth-order valence-corrected chi connectivity index (χ4v) is 3.45. The van der Waals surface area contributed by atoms with Gasteiger partial charge in [0.1, 0.15) is 11.0 Å². The van der Waals surface area contributed by atoms with Crippen molar-refractivity contribution in [2.24, 2.45) is 11.3 Å². The maximum Gasteiger partial charge on any atom is 0.124 e. The molecule has 0 saturated heterocycles. The van der Waals surface area contributed by atoms with E-state index in [9.17, 15) is 9.47 Å². The second-order valence-corrected chi connectivity index (χ2v) is 6.78. The van der Waals surface area contributed by atoms with Gasteiger partial charge in [0.25, 0.3) is 0 Å². The van der Waals surface area contributed by atoms with Crippen molar-refractivity contribution in [2.45, 2.75) is 37.5 Å². The van der Waals surface area contributed by atoms with E-state index in [-0.39, 0.29) is 5.41 Å². The molecule has 0 bridgehead atoms. The Kier molecular flexibility index (Phi) is 4.73. The molecule has 1 atom stereocenters. The molecule has 1 saturated carbocycles. The van der Waals surface area contributed by atoms with E-state index in [1.807, 2.05) is 30.3 Å². The maximum absolute atomic E-state index is 12.1. The van der Waals surface area contributed by atoms with Crippen LogP contribution in [0.2, 0.25) is 0 Å². The van der Waals surface area contributed by atoms with E-state index in [0.717, 1.165) is 30.6 Å². The largest absolute Gasteiger partial charge is 0.238 e. The topological polar surface area (TPSA) is 52.9 Å². The molecule has 19 heavy (non-hydrogen) atoms. The average molecular weight is 276 g/mol. The van der Waals surface area contributed by atoms with E-state index in [0.29, 0.717) is 12.5 Å². The van der Waals surface area contributed by atoms with Crippen LogP contribution in [0.5, 0.6) is 0 Å². The first kappa shape index (κ1) is 14.2. The SMILES string of the molecule is CC1CCC(C#N)(CNS(=O)c2ccccc2)CC1. The Morgan fingerprint density at radius 2 is 2.00 bits per heavy atom. The lowest BCUT2D eigenvalue weighted by molar-refractivity contribution is 0.223. The third-order valence-electron chi connectivity index (χ3n) is 3.97. The zero-order valence-electron chi connectivity index (χ0n) is 11.3. The van der Waals surface area contributed by atoms with Crippen LogP contribution in [0.15, 0.2) is 35.2 Å². The van der Waals surface area contributed by atoms with Crippen molar-refractivity contribution < 1.29 is 4.21 Å². The Morgan fingerprint density at radius 3 is 2.58 bits per heavy atom. The van der Waals surface area contributed by atoms with Gasteiger partial charge in [-0.1, -0.05) is 25.1 Å².